The van der Waals surface area contributed by atoms with E-state index in [1.54, 1.807) is 24.9 Å². The highest BCUT2D eigenvalue weighted by molar-refractivity contribution is 5.37. The van der Waals surface area contributed by atoms with E-state index < -0.39 is 11.6 Å². The zero-order valence-corrected chi connectivity index (χ0v) is 9.35. The van der Waals surface area contributed by atoms with Crippen LogP contribution in [0.1, 0.15) is 18.8 Å². The molecule has 2 aromatic heterocycles. The zero-order chi connectivity index (χ0) is 12.4. The number of hydrogen-bond acceptors (Lipinski definition) is 4. The molecule has 2 heterocycles. The van der Waals surface area contributed by atoms with Crippen LogP contribution in [-0.4, -0.2) is 19.7 Å². The van der Waals surface area contributed by atoms with Gasteiger partial charge in [0.25, 0.3) is 0 Å². The maximum Gasteiger partial charge on any atom is 0.168 e. The largest absolute Gasteiger partial charge is 0.358 e. The molecule has 0 spiro atoms. The van der Waals surface area contributed by atoms with E-state index in [1.807, 2.05) is 0 Å². The van der Waals surface area contributed by atoms with Crippen LogP contribution >= 0.6 is 0 Å². The molecule has 0 aromatic carbocycles. The molecule has 1 atom stereocenters. The third kappa shape index (κ3) is 2.38. The minimum atomic E-state index is -0.737. The molecule has 0 fully saturated rings. The summed E-state index contributed by atoms with van der Waals surface area (Å²) < 4.78 is 27.7. The van der Waals surface area contributed by atoms with E-state index in [9.17, 15) is 8.78 Å². The predicted octanol–water partition coefficient (Wildman–Crippen LogP) is 1.66. The first-order valence-corrected chi connectivity index (χ1v) is 4.99. The van der Waals surface area contributed by atoms with E-state index in [4.69, 9.17) is 0 Å². The summed E-state index contributed by atoms with van der Waals surface area (Å²) in [6.45, 7) is 1.79. The topological polar surface area (TPSA) is 55.6 Å². The Balaban J connectivity index is 2.19. The fourth-order valence-electron chi connectivity index (χ4n) is 1.47. The number of pyridine rings is 1. The predicted molar refractivity (Wildman–Crippen MR) is 57.2 cm³/mol. The number of aromatic nitrogens is 4. The van der Waals surface area contributed by atoms with Crippen LogP contribution in [-0.2, 0) is 7.05 Å². The van der Waals surface area contributed by atoms with E-state index >= 15 is 0 Å². The van der Waals surface area contributed by atoms with Crippen molar-refractivity contribution in [3.8, 4) is 0 Å². The Bertz CT molecular complexity index is 525. The lowest BCUT2D eigenvalue weighted by Crippen LogP contribution is -2.13. The maximum atomic E-state index is 13.3. The van der Waals surface area contributed by atoms with Crippen LogP contribution < -0.4 is 5.32 Å². The normalized spacial score (nSPS) is 12.5. The smallest absolute Gasteiger partial charge is 0.168 e. The quantitative estimate of drug-likeness (QED) is 0.885. The Labute approximate surface area is 96.5 Å². The van der Waals surface area contributed by atoms with E-state index in [-0.39, 0.29) is 11.9 Å². The van der Waals surface area contributed by atoms with Gasteiger partial charge in [-0.1, -0.05) is 0 Å². The van der Waals surface area contributed by atoms with E-state index in [0.717, 1.165) is 12.3 Å². The summed E-state index contributed by atoms with van der Waals surface area (Å²) in [6, 6.07) is 0.494. The Morgan fingerprint density at radius 2 is 2.18 bits per heavy atom. The molecule has 17 heavy (non-hydrogen) atoms. The first kappa shape index (κ1) is 11.4. The van der Waals surface area contributed by atoms with Crippen molar-refractivity contribution < 1.29 is 8.78 Å². The fraction of sp³-hybridized carbons (Fsp3) is 0.300. The van der Waals surface area contributed by atoms with Crippen molar-refractivity contribution in [2.75, 3.05) is 5.32 Å². The second-order valence-electron chi connectivity index (χ2n) is 3.65. The number of anilines is 1. The highest BCUT2D eigenvalue weighted by atomic mass is 19.1. The van der Waals surface area contributed by atoms with Gasteiger partial charge < -0.3 is 9.88 Å². The molecule has 90 valence electrons. The van der Waals surface area contributed by atoms with Crippen molar-refractivity contribution in [3.63, 3.8) is 0 Å². The molecule has 2 aromatic rings. The molecule has 0 aliphatic carbocycles. The molecule has 1 N–H and O–H groups in total. The summed E-state index contributed by atoms with van der Waals surface area (Å²) in [4.78, 5) is 3.64. The molecule has 2 rings (SSSR count). The van der Waals surface area contributed by atoms with Gasteiger partial charge in [-0.25, -0.2) is 13.8 Å². The number of nitrogens with one attached hydrogen (secondary N) is 1. The number of hydrogen-bond donors (Lipinski definition) is 1. The molecule has 0 saturated carbocycles. The van der Waals surface area contributed by atoms with Crippen LogP contribution in [0, 0.1) is 11.6 Å². The zero-order valence-electron chi connectivity index (χ0n) is 9.35. The van der Waals surface area contributed by atoms with Crippen LogP contribution in [0.25, 0.3) is 0 Å². The van der Waals surface area contributed by atoms with Crippen LogP contribution in [0.3, 0.4) is 0 Å². The molecule has 1 unspecified atom stereocenters. The molecular formula is C10H11F2N5. The summed E-state index contributed by atoms with van der Waals surface area (Å²) in [5.41, 5.74) is 0. The van der Waals surface area contributed by atoms with Crippen LogP contribution in [0.4, 0.5) is 14.6 Å². The molecule has 7 heteroatoms. The third-order valence-electron chi connectivity index (χ3n) is 2.29. The average molecular weight is 239 g/mol. The monoisotopic (exact) mass is 239 g/mol. The van der Waals surface area contributed by atoms with Gasteiger partial charge in [-0.3, -0.25) is 0 Å². The molecule has 0 amide bonds. The SMILES string of the molecule is CC(Nc1ncc(F)cc1F)c1nncn1C. The van der Waals surface area contributed by atoms with Gasteiger partial charge in [-0.2, -0.15) is 0 Å². The number of halogens is 2. The lowest BCUT2D eigenvalue weighted by Gasteiger charge is -2.13. The Morgan fingerprint density at radius 3 is 2.76 bits per heavy atom. The first-order valence-electron chi connectivity index (χ1n) is 4.99. The van der Waals surface area contributed by atoms with Gasteiger partial charge in [-0.15, -0.1) is 10.2 Å². The van der Waals surface area contributed by atoms with Gasteiger partial charge in [-0.05, 0) is 6.92 Å². The van der Waals surface area contributed by atoms with E-state index in [1.165, 1.54) is 0 Å². The van der Waals surface area contributed by atoms with Crippen molar-refractivity contribution in [1.82, 2.24) is 19.7 Å². The standard InChI is InChI=1S/C10H11F2N5/c1-6(10-16-14-5-17(10)2)15-9-8(12)3-7(11)4-13-9/h3-6H,1-2H3,(H,13,15). The molecule has 0 aliphatic rings. The Kier molecular flexibility index (Phi) is 2.99. The molecule has 0 bridgehead atoms. The summed E-state index contributed by atoms with van der Waals surface area (Å²) in [5.74, 6) is -0.823. The molecule has 5 nitrogen and oxygen atoms in total. The Hall–Kier alpha value is -2.05. The van der Waals surface area contributed by atoms with Crippen LogP contribution in [0.15, 0.2) is 18.6 Å². The van der Waals surface area contributed by atoms with Crippen molar-refractivity contribution >= 4 is 5.82 Å². The maximum absolute atomic E-state index is 13.3. The summed E-state index contributed by atoms with van der Waals surface area (Å²) in [6.07, 6.45) is 2.50. The minimum absolute atomic E-state index is 0.0121. The highest BCUT2D eigenvalue weighted by Crippen LogP contribution is 2.18. The Morgan fingerprint density at radius 1 is 1.41 bits per heavy atom. The van der Waals surface area contributed by atoms with Crippen LogP contribution in [0.5, 0.6) is 0 Å². The van der Waals surface area contributed by atoms with Gasteiger partial charge >= 0.3 is 0 Å². The molecule has 0 saturated heterocycles. The van der Waals surface area contributed by atoms with E-state index in [2.05, 4.69) is 20.5 Å². The highest BCUT2D eigenvalue weighted by Gasteiger charge is 2.14. The second-order valence-corrected chi connectivity index (χ2v) is 3.65. The van der Waals surface area contributed by atoms with Gasteiger partial charge in [0.15, 0.2) is 17.5 Å². The van der Waals surface area contributed by atoms with Crippen LogP contribution in [0.2, 0.25) is 0 Å². The number of aryl methyl sites for hydroxylation is 1. The second kappa shape index (κ2) is 4.44. The fourth-order valence-corrected chi connectivity index (χ4v) is 1.47. The van der Waals surface area contributed by atoms with Gasteiger partial charge in [0.1, 0.15) is 12.1 Å². The van der Waals surface area contributed by atoms with Crippen molar-refractivity contribution in [1.29, 1.82) is 0 Å². The molecule has 0 aliphatic heterocycles. The first-order chi connectivity index (χ1) is 8.08. The molecule has 0 radical (unpaired) electrons. The summed E-state index contributed by atoms with van der Waals surface area (Å²) >= 11 is 0. The molecular weight excluding hydrogens is 228 g/mol. The summed E-state index contributed by atoms with van der Waals surface area (Å²) in [5, 5.41) is 10.4. The van der Waals surface area contributed by atoms with E-state index in [0.29, 0.717) is 5.82 Å². The third-order valence-corrected chi connectivity index (χ3v) is 2.29. The number of rotatable bonds is 3. The van der Waals surface area contributed by atoms with Gasteiger partial charge in [0.05, 0.1) is 12.2 Å². The minimum Gasteiger partial charge on any atom is -0.358 e. The number of nitrogens with zero attached hydrogens (tertiary/aromatic N) is 4. The summed E-state index contributed by atoms with van der Waals surface area (Å²) in [7, 11) is 1.78. The lowest BCUT2D eigenvalue weighted by atomic mass is 10.3. The van der Waals surface area contributed by atoms with Crippen molar-refractivity contribution in [2.24, 2.45) is 7.05 Å². The van der Waals surface area contributed by atoms with Gasteiger partial charge in [0, 0.05) is 13.1 Å². The average Bonchev–Trinajstić information content (AvgIpc) is 2.68. The van der Waals surface area contributed by atoms with Gasteiger partial charge in [0.2, 0.25) is 0 Å². The van der Waals surface area contributed by atoms with Crippen molar-refractivity contribution in [2.45, 2.75) is 13.0 Å². The van der Waals surface area contributed by atoms with Crippen molar-refractivity contribution in [3.05, 3.63) is 36.0 Å². The lowest BCUT2D eigenvalue weighted by molar-refractivity contribution is 0.572.